The fourth-order valence-electron chi connectivity index (χ4n) is 3.98. The molecule has 0 radical (unpaired) electrons. The number of carbonyl (C=O) groups excluding carboxylic acids is 1. The molecule has 1 saturated carbocycles. The van der Waals surface area contributed by atoms with Crippen molar-refractivity contribution in [2.45, 2.75) is 45.4 Å². The Morgan fingerprint density at radius 2 is 1.70 bits per heavy atom. The van der Waals surface area contributed by atoms with Crippen LogP contribution in [0.3, 0.4) is 0 Å². The molecule has 106 valence electrons. The average molecular weight is 272 g/mol. The van der Waals surface area contributed by atoms with Gasteiger partial charge in [-0.15, -0.1) is 0 Å². The van der Waals surface area contributed by atoms with Gasteiger partial charge in [0, 0.05) is 11.0 Å². The number of ketones is 1. The minimum atomic E-state index is -0.229. The van der Waals surface area contributed by atoms with E-state index in [4.69, 9.17) is 0 Å². The first-order chi connectivity index (χ1) is 9.25. The van der Waals surface area contributed by atoms with Crippen molar-refractivity contribution < 1.29 is 15.0 Å². The summed E-state index contributed by atoms with van der Waals surface area (Å²) >= 11 is 0. The van der Waals surface area contributed by atoms with Gasteiger partial charge in [-0.25, -0.2) is 0 Å². The van der Waals surface area contributed by atoms with Gasteiger partial charge in [-0.3, -0.25) is 4.79 Å². The van der Waals surface area contributed by atoms with Gasteiger partial charge < -0.3 is 10.2 Å². The van der Waals surface area contributed by atoms with Gasteiger partial charge in [0.1, 0.15) is 0 Å². The number of hydrogen-bond donors (Lipinski definition) is 2. The zero-order valence-corrected chi connectivity index (χ0v) is 12.2. The second-order valence-electron chi connectivity index (χ2n) is 6.88. The van der Waals surface area contributed by atoms with Gasteiger partial charge in [0.15, 0.2) is 17.3 Å². The zero-order valence-electron chi connectivity index (χ0n) is 12.2. The third-order valence-electron chi connectivity index (χ3n) is 5.05. The van der Waals surface area contributed by atoms with E-state index in [1.54, 1.807) is 12.1 Å². The Balaban J connectivity index is 2.28. The number of aromatic hydroxyl groups is 2. The molecule has 0 aliphatic heterocycles. The minimum absolute atomic E-state index is 0.00610. The van der Waals surface area contributed by atoms with E-state index in [9.17, 15) is 15.0 Å². The smallest absolute Gasteiger partial charge is 0.186 e. The van der Waals surface area contributed by atoms with Gasteiger partial charge in [-0.2, -0.15) is 0 Å². The van der Waals surface area contributed by atoms with Crippen LogP contribution >= 0.6 is 0 Å². The monoisotopic (exact) mass is 272 g/mol. The summed E-state index contributed by atoms with van der Waals surface area (Å²) < 4.78 is 0. The number of fused-ring (bicyclic) bond motifs is 3. The van der Waals surface area contributed by atoms with Crippen LogP contribution in [0.5, 0.6) is 11.5 Å². The number of allylic oxidation sites excluding steroid dienone is 2. The third kappa shape index (κ3) is 1.62. The number of carbonyl (C=O) groups is 1. The van der Waals surface area contributed by atoms with Crippen LogP contribution in [0, 0.1) is 5.41 Å². The Bertz CT molecular complexity index is 640. The quantitative estimate of drug-likeness (QED) is 0.708. The first-order valence-corrected chi connectivity index (χ1v) is 7.09. The molecule has 2 aliphatic rings. The first kappa shape index (κ1) is 13.2. The summed E-state index contributed by atoms with van der Waals surface area (Å²) in [6.07, 6.45) is 4.88. The van der Waals surface area contributed by atoms with Crippen molar-refractivity contribution in [2.24, 2.45) is 5.41 Å². The Hall–Kier alpha value is -1.77. The maximum Gasteiger partial charge on any atom is 0.186 e. The molecule has 1 unspecified atom stereocenters. The maximum absolute atomic E-state index is 12.4. The summed E-state index contributed by atoms with van der Waals surface area (Å²) in [5.74, 6) is -0.451. The Kier molecular flexibility index (Phi) is 2.56. The molecule has 0 aromatic heterocycles. The third-order valence-corrected chi connectivity index (χ3v) is 5.05. The van der Waals surface area contributed by atoms with Crippen molar-refractivity contribution in [3.63, 3.8) is 0 Å². The lowest BCUT2D eigenvalue weighted by Gasteiger charge is -2.48. The lowest BCUT2D eigenvalue weighted by molar-refractivity contribution is 0.102. The maximum atomic E-state index is 12.4. The van der Waals surface area contributed by atoms with Crippen LogP contribution in [0.1, 0.15) is 56.0 Å². The van der Waals surface area contributed by atoms with Crippen LogP contribution in [0.15, 0.2) is 23.8 Å². The molecular formula is C17H20O3. The average Bonchev–Trinajstić information content (AvgIpc) is 2.35. The molecular weight excluding hydrogens is 252 g/mol. The van der Waals surface area contributed by atoms with Crippen LogP contribution in [0.25, 0.3) is 0 Å². The highest BCUT2D eigenvalue weighted by Gasteiger charge is 2.46. The molecule has 0 saturated heterocycles. The lowest BCUT2D eigenvalue weighted by Crippen LogP contribution is -2.41. The molecule has 3 heteroatoms. The van der Waals surface area contributed by atoms with Gasteiger partial charge in [0.25, 0.3) is 0 Å². The van der Waals surface area contributed by atoms with Gasteiger partial charge in [-0.1, -0.05) is 32.8 Å². The summed E-state index contributed by atoms with van der Waals surface area (Å²) in [7, 11) is 0. The van der Waals surface area contributed by atoms with Crippen molar-refractivity contribution in [2.75, 3.05) is 0 Å². The standard InChI is InChI=1S/C17H20O3/c1-16(2)5-4-6-17(3)11-8-14(20)13(19)7-10(11)12(18)9-15(16)17/h7-9,19-20H,4-6H2,1-3H3. The van der Waals surface area contributed by atoms with E-state index in [1.165, 1.54) is 6.07 Å². The van der Waals surface area contributed by atoms with Gasteiger partial charge in [-0.05, 0) is 42.0 Å². The number of phenols is 2. The molecule has 2 aliphatic carbocycles. The fourth-order valence-corrected chi connectivity index (χ4v) is 3.98. The molecule has 0 heterocycles. The highest BCUT2D eigenvalue weighted by Crippen LogP contribution is 2.55. The van der Waals surface area contributed by atoms with Crippen molar-refractivity contribution in [1.29, 1.82) is 0 Å². The Morgan fingerprint density at radius 3 is 2.40 bits per heavy atom. The van der Waals surface area contributed by atoms with Gasteiger partial charge in [0.2, 0.25) is 0 Å². The number of rotatable bonds is 0. The molecule has 3 rings (SSSR count). The largest absolute Gasteiger partial charge is 0.504 e. The lowest BCUT2D eigenvalue weighted by atomic mass is 9.55. The van der Waals surface area contributed by atoms with Crippen molar-refractivity contribution in [3.8, 4) is 11.5 Å². The summed E-state index contributed by atoms with van der Waals surface area (Å²) in [5, 5.41) is 19.5. The van der Waals surface area contributed by atoms with E-state index >= 15 is 0 Å². The van der Waals surface area contributed by atoms with Crippen LogP contribution in [0.2, 0.25) is 0 Å². The van der Waals surface area contributed by atoms with E-state index < -0.39 is 0 Å². The van der Waals surface area contributed by atoms with Crippen LogP contribution in [0.4, 0.5) is 0 Å². The topological polar surface area (TPSA) is 57.5 Å². The second kappa shape index (κ2) is 3.87. The van der Waals surface area contributed by atoms with E-state index in [1.807, 2.05) is 0 Å². The highest BCUT2D eigenvalue weighted by atomic mass is 16.3. The van der Waals surface area contributed by atoms with E-state index in [0.717, 1.165) is 30.4 Å². The van der Waals surface area contributed by atoms with Crippen molar-refractivity contribution in [3.05, 3.63) is 34.9 Å². The first-order valence-electron chi connectivity index (χ1n) is 7.09. The highest BCUT2D eigenvalue weighted by molar-refractivity contribution is 6.08. The summed E-state index contributed by atoms with van der Waals surface area (Å²) in [5.41, 5.74) is 2.29. The number of hydrogen-bond acceptors (Lipinski definition) is 3. The van der Waals surface area contributed by atoms with Crippen LogP contribution in [-0.4, -0.2) is 16.0 Å². The predicted molar refractivity (Wildman–Crippen MR) is 77.2 cm³/mol. The molecule has 0 amide bonds. The molecule has 0 bridgehead atoms. The minimum Gasteiger partial charge on any atom is -0.504 e. The van der Waals surface area contributed by atoms with Crippen LogP contribution in [-0.2, 0) is 5.41 Å². The molecule has 2 N–H and O–H groups in total. The number of benzene rings is 1. The SMILES string of the molecule is CC1(C)CCCC2(C)C1=CC(=O)c1cc(O)c(O)cc12. The molecule has 20 heavy (non-hydrogen) atoms. The molecule has 1 aromatic carbocycles. The van der Waals surface area contributed by atoms with E-state index in [0.29, 0.717) is 5.56 Å². The van der Waals surface area contributed by atoms with E-state index in [-0.39, 0.29) is 28.1 Å². The molecule has 1 atom stereocenters. The second-order valence-corrected chi connectivity index (χ2v) is 6.88. The molecule has 1 fully saturated rings. The fraction of sp³-hybridized carbons (Fsp3) is 0.471. The van der Waals surface area contributed by atoms with Gasteiger partial charge >= 0.3 is 0 Å². The number of phenolic OH excluding ortho intramolecular Hbond substituents is 2. The molecule has 0 spiro atoms. The Morgan fingerprint density at radius 1 is 1.05 bits per heavy atom. The van der Waals surface area contributed by atoms with Gasteiger partial charge in [0.05, 0.1) is 0 Å². The zero-order chi connectivity index (χ0) is 14.7. The van der Waals surface area contributed by atoms with Crippen LogP contribution < -0.4 is 0 Å². The Labute approximate surface area is 118 Å². The summed E-state index contributed by atoms with van der Waals surface area (Å²) in [6.45, 7) is 6.49. The van der Waals surface area contributed by atoms with Crippen molar-refractivity contribution in [1.82, 2.24) is 0 Å². The predicted octanol–water partition coefficient (Wildman–Crippen LogP) is 3.69. The molecule has 3 nitrogen and oxygen atoms in total. The summed E-state index contributed by atoms with van der Waals surface area (Å²) in [6, 6.07) is 2.96. The normalized spacial score (nSPS) is 27.6. The molecule has 1 aromatic rings. The van der Waals surface area contributed by atoms with E-state index in [2.05, 4.69) is 20.8 Å². The summed E-state index contributed by atoms with van der Waals surface area (Å²) in [4.78, 5) is 12.4. The van der Waals surface area contributed by atoms with Crippen molar-refractivity contribution >= 4 is 5.78 Å².